The predicted molar refractivity (Wildman–Crippen MR) is 183 cm³/mol. The minimum atomic E-state index is -0.791. The second kappa shape index (κ2) is 17.0. The molecule has 264 valence electrons. The molecule has 0 bridgehead atoms. The normalized spacial score (nSPS) is 18.4. The Morgan fingerprint density at radius 2 is 1.51 bits per heavy atom. The Hall–Kier alpha value is -4.12. The molecule has 0 aliphatic carbocycles. The first-order chi connectivity index (χ1) is 23.3. The van der Waals surface area contributed by atoms with Crippen LogP contribution in [0.15, 0.2) is 72.8 Å². The first-order valence-corrected chi connectivity index (χ1v) is 16.8. The third kappa shape index (κ3) is 10.7. The molecule has 3 aromatic carbocycles. The molecule has 2 unspecified atom stereocenters. The van der Waals surface area contributed by atoms with E-state index in [1.54, 1.807) is 12.1 Å². The fourth-order valence-corrected chi connectivity index (χ4v) is 5.91. The summed E-state index contributed by atoms with van der Waals surface area (Å²) in [5.74, 6) is -1.52. The van der Waals surface area contributed by atoms with Crippen molar-refractivity contribution in [1.82, 2.24) is 0 Å². The van der Waals surface area contributed by atoms with Gasteiger partial charge in [-0.3, -0.25) is 14.4 Å². The molecular weight excluding hydrogens is 629 g/mol. The second-order valence-electron chi connectivity index (χ2n) is 13.0. The van der Waals surface area contributed by atoms with E-state index in [9.17, 15) is 18.8 Å². The first-order valence-electron chi connectivity index (χ1n) is 16.8. The molecule has 2 atom stereocenters. The number of hydrogen-bond donors (Lipinski definition) is 1. The van der Waals surface area contributed by atoms with Gasteiger partial charge < -0.3 is 29.0 Å². The lowest BCUT2D eigenvalue weighted by Gasteiger charge is -2.42. The first kappa shape index (κ1) is 37.7. The van der Waals surface area contributed by atoms with Gasteiger partial charge in [0, 0.05) is 26.1 Å². The molecule has 9 nitrogen and oxygen atoms in total. The van der Waals surface area contributed by atoms with Crippen molar-refractivity contribution in [3.05, 3.63) is 101 Å². The Balaban J connectivity index is 0.000000324. The molecule has 1 amide bonds. The SMILES string of the molecule is CC(=O)OC1(CCc2ccc(C3CC(=O)N3c3ccc(CCCO)cc3)cc2)COC(C)(C)OC1.CCC(OC(C)=O)c1ccc(F)cc1. The van der Waals surface area contributed by atoms with E-state index >= 15 is 0 Å². The molecule has 1 N–H and O–H groups in total. The van der Waals surface area contributed by atoms with E-state index in [1.165, 1.54) is 26.0 Å². The van der Waals surface area contributed by atoms with Crippen LogP contribution >= 0.6 is 0 Å². The Bertz CT molecular complexity index is 1530. The van der Waals surface area contributed by atoms with Crippen LogP contribution in [0.4, 0.5) is 10.1 Å². The van der Waals surface area contributed by atoms with E-state index in [-0.39, 0.29) is 42.4 Å². The second-order valence-corrected chi connectivity index (χ2v) is 13.0. The van der Waals surface area contributed by atoms with Crippen LogP contribution in [-0.4, -0.2) is 54.2 Å². The molecule has 49 heavy (non-hydrogen) atoms. The lowest BCUT2D eigenvalue weighted by Crippen LogP contribution is -2.53. The number of halogens is 1. The van der Waals surface area contributed by atoms with Gasteiger partial charge in [-0.05, 0) is 92.5 Å². The summed E-state index contributed by atoms with van der Waals surface area (Å²) in [6, 6.07) is 22.3. The van der Waals surface area contributed by atoms with Crippen molar-refractivity contribution in [2.45, 2.75) is 96.7 Å². The Labute approximate surface area is 288 Å². The molecule has 2 fully saturated rings. The van der Waals surface area contributed by atoms with Crippen LogP contribution in [0.25, 0.3) is 0 Å². The standard InChI is InChI=1S/C28H35NO6.C11H13FO2/c1-20(31)35-28(18-33-27(2,3)34-19-28)15-14-22-6-10-23(11-7-22)25-17-26(32)29(25)24-12-8-21(9-13-24)5-4-16-30;1-3-11(14-8(2)13)9-4-6-10(12)7-5-9/h6-13,25,30H,4-5,14-19H2,1-3H3;4-7,11H,3H2,1-2H3. The number of nitrogens with zero attached hydrogens (tertiary/aromatic N) is 1. The number of carbonyl (C=O) groups is 3. The number of anilines is 1. The quantitative estimate of drug-likeness (QED) is 0.162. The molecule has 0 radical (unpaired) electrons. The third-order valence-electron chi connectivity index (χ3n) is 8.67. The minimum absolute atomic E-state index is 0.0228. The number of hydrogen-bond acceptors (Lipinski definition) is 8. The highest BCUT2D eigenvalue weighted by Gasteiger charge is 2.43. The van der Waals surface area contributed by atoms with Crippen LogP contribution in [0.2, 0.25) is 0 Å². The van der Waals surface area contributed by atoms with Gasteiger partial charge in [-0.25, -0.2) is 4.39 Å². The van der Waals surface area contributed by atoms with E-state index < -0.39 is 11.4 Å². The van der Waals surface area contributed by atoms with Gasteiger partial charge in [0.2, 0.25) is 5.91 Å². The van der Waals surface area contributed by atoms with Gasteiger partial charge in [-0.1, -0.05) is 55.5 Å². The molecule has 5 rings (SSSR count). The molecule has 0 saturated carbocycles. The summed E-state index contributed by atoms with van der Waals surface area (Å²) in [4.78, 5) is 36.7. The summed E-state index contributed by atoms with van der Waals surface area (Å²) in [5, 5.41) is 9.01. The van der Waals surface area contributed by atoms with E-state index in [1.807, 2.05) is 49.9 Å². The van der Waals surface area contributed by atoms with Crippen LogP contribution < -0.4 is 4.90 Å². The van der Waals surface area contributed by atoms with Gasteiger partial charge in [0.15, 0.2) is 11.4 Å². The molecule has 2 aliphatic rings. The zero-order valence-corrected chi connectivity index (χ0v) is 29.1. The van der Waals surface area contributed by atoms with Crippen LogP contribution in [0.5, 0.6) is 0 Å². The highest BCUT2D eigenvalue weighted by Crippen LogP contribution is 2.39. The number of aliphatic hydroxyl groups excluding tert-OH is 1. The number of β-lactam (4-membered cyclic amide) rings is 1. The van der Waals surface area contributed by atoms with Crippen molar-refractivity contribution in [2.75, 3.05) is 24.7 Å². The van der Waals surface area contributed by atoms with Gasteiger partial charge >= 0.3 is 11.9 Å². The number of amides is 1. The Morgan fingerprint density at radius 3 is 2.04 bits per heavy atom. The number of carbonyl (C=O) groups excluding carboxylic acids is 3. The maximum Gasteiger partial charge on any atom is 0.303 e. The van der Waals surface area contributed by atoms with Crippen LogP contribution in [0.3, 0.4) is 0 Å². The Kier molecular flexibility index (Phi) is 13.1. The summed E-state index contributed by atoms with van der Waals surface area (Å²) >= 11 is 0. The number of benzene rings is 3. The lowest BCUT2D eigenvalue weighted by atomic mass is 9.90. The molecule has 3 aromatic rings. The number of rotatable bonds is 12. The van der Waals surface area contributed by atoms with E-state index in [0.29, 0.717) is 38.9 Å². The predicted octanol–water partition coefficient (Wildman–Crippen LogP) is 6.95. The zero-order chi connectivity index (χ0) is 35.6. The Morgan fingerprint density at radius 1 is 0.918 bits per heavy atom. The number of esters is 2. The molecule has 0 spiro atoms. The van der Waals surface area contributed by atoms with Gasteiger partial charge in [-0.15, -0.1) is 0 Å². The molecule has 10 heteroatoms. The minimum Gasteiger partial charge on any atom is -0.458 e. The highest BCUT2D eigenvalue weighted by molar-refractivity contribution is 6.01. The average molecular weight is 678 g/mol. The highest BCUT2D eigenvalue weighted by atomic mass is 19.1. The molecule has 2 aliphatic heterocycles. The average Bonchev–Trinajstić information content (AvgIpc) is 3.07. The largest absolute Gasteiger partial charge is 0.458 e. The third-order valence-corrected chi connectivity index (χ3v) is 8.67. The van der Waals surface area contributed by atoms with Gasteiger partial charge in [0.25, 0.3) is 0 Å². The molecule has 2 saturated heterocycles. The fraction of sp³-hybridized carbons (Fsp3) is 0.462. The van der Waals surface area contributed by atoms with E-state index in [4.69, 9.17) is 24.1 Å². The fourth-order valence-electron chi connectivity index (χ4n) is 5.91. The summed E-state index contributed by atoms with van der Waals surface area (Å²) in [7, 11) is 0. The van der Waals surface area contributed by atoms with E-state index in [2.05, 4.69) is 24.3 Å². The van der Waals surface area contributed by atoms with Crippen molar-refractivity contribution in [3.63, 3.8) is 0 Å². The van der Waals surface area contributed by atoms with Gasteiger partial charge in [0.1, 0.15) is 11.9 Å². The summed E-state index contributed by atoms with van der Waals surface area (Å²) < 4.78 is 34.9. The van der Waals surface area contributed by atoms with Crippen molar-refractivity contribution in [2.24, 2.45) is 0 Å². The number of aryl methyl sites for hydroxylation is 2. The van der Waals surface area contributed by atoms with Crippen LogP contribution in [0, 0.1) is 5.82 Å². The maximum atomic E-state index is 12.6. The van der Waals surface area contributed by atoms with Crippen molar-refractivity contribution >= 4 is 23.5 Å². The van der Waals surface area contributed by atoms with Crippen LogP contribution in [0.1, 0.15) is 94.7 Å². The smallest absolute Gasteiger partial charge is 0.303 e. The van der Waals surface area contributed by atoms with Crippen LogP contribution in [-0.2, 0) is 46.2 Å². The summed E-state index contributed by atoms with van der Waals surface area (Å²) in [6.45, 7) is 9.17. The monoisotopic (exact) mass is 677 g/mol. The maximum absolute atomic E-state index is 12.6. The molecular formula is C39H48FNO8. The van der Waals surface area contributed by atoms with Gasteiger partial charge in [0.05, 0.1) is 25.7 Å². The number of ether oxygens (including phenoxy) is 4. The van der Waals surface area contributed by atoms with Crippen molar-refractivity contribution in [3.8, 4) is 0 Å². The van der Waals surface area contributed by atoms with Crippen molar-refractivity contribution < 1.29 is 42.8 Å². The zero-order valence-electron chi connectivity index (χ0n) is 29.1. The molecule has 2 heterocycles. The summed E-state index contributed by atoms with van der Waals surface area (Å²) in [6.07, 6.45) is 3.77. The number of aliphatic hydroxyl groups is 1. The summed E-state index contributed by atoms with van der Waals surface area (Å²) in [5.41, 5.74) is 4.30. The lowest BCUT2D eigenvalue weighted by molar-refractivity contribution is -0.305. The van der Waals surface area contributed by atoms with Crippen molar-refractivity contribution in [1.29, 1.82) is 0 Å². The van der Waals surface area contributed by atoms with Gasteiger partial charge in [-0.2, -0.15) is 0 Å². The van der Waals surface area contributed by atoms with E-state index in [0.717, 1.165) is 40.8 Å². The topological polar surface area (TPSA) is 112 Å². The molecule has 0 aromatic heterocycles.